The predicted octanol–water partition coefficient (Wildman–Crippen LogP) is 4.97. The lowest BCUT2D eigenvalue weighted by Gasteiger charge is -2.46. The minimum Gasteiger partial charge on any atom is -0.396 e. The summed E-state index contributed by atoms with van der Waals surface area (Å²) in [5.74, 6) is 0.494. The summed E-state index contributed by atoms with van der Waals surface area (Å²) < 4.78 is 6.36. The van der Waals surface area contributed by atoms with Crippen LogP contribution in [0.4, 0.5) is 0 Å². The fourth-order valence-corrected chi connectivity index (χ4v) is 4.41. The molecule has 154 valence electrons. The van der Waals surface area contributed by atoms with Crippen LogP contribution in [0.1, 0.15) is 42.9 Å². The molecular formula is C23H25Cl2NO3. The van der Waals surface area contributed by atoms with Gasteiger partial charge in [-0.3, -0.25) is 4.79 Å². The van der Waals surface area contributed by atoms with Gasteiger partial charge in [-0.1, -0.05) is 47.5 Å². The number of halogens is 2. The van der Waals surface area contributed by atoms with E-state index in [1.54, 1.807) is 12.1 Å². The van der Waals surface area contributed by atoms with Crippen LogP contribution in [0.3, 0.4) is 0 Å². The molecule has 1 amide bonds. The largest absolute Gasteiger partial charge is 0.396 e. The molecule has 0 radical (unpaired) electrons. The monoisotopic (exact) mass is 433 g/mol. The van der Waals surface area contributed by atoms with Crippen molar-refractivity contribution in [3.05, 3.63) is 69.7 Å². The molecule has 2 aromatic carbocycles. The third-order valence-corrected chi connectivity index (χ3v) is 6.34. The molecule has 2 unspecified atom stereocenters. The number of aliphatic hydroxyl groups is 1. The second-order valence-electron chi connectivity index (χ2n) is 7.94. The van der Waals surface area contributed by atoms with Crippen molar-refractivity contribution < 1.29 is 14.6 Å². The van der Waals surface area contributed by atoms with Crippen molar-refractivity contribution in [3.8, 4) is 0 Å². The fourth-order valence-electron chi connectivity index (χ4n) is 4.09. The van der Waals surface area contributed by atoms with Gasteiger partial charge in [-0.2, -0.15) is 0 Å². The van der Waals surface area contributed by atoms with Crippen LogP contribution < -0.4 is 0 Å². The quantitative estimate of drug-likeness (QED) is 0.670. The maximum absolute atomic E-state index is 13.9. The van der Waals surface area contributed by atoms with Crippen molar-refractivity contribution in [2.24, 2.45) is 5.92 Å². The predicted molar refractivity (Wildman–Crippen MR) is 114 cm³/mol. The minimum absolute atomic E-state index is 0.00218. The van der Waals surface area contributed by atoms with Gasteiger partial charge < -0.3 is 14.7 Å². The lowest BCUT2D eigenvalue weighted by molar-refractivity contribution is -0.186. The molecule has 1 aliphatic heterocycles. The van der Waals surface area contributed by atoms with E-state index in [-0.39, 0.29) is 18.6 Å². The average molecular weight is 434 g/mol. The molecule has 2 atom stereocenters. The van der Waals surface area contributed by atoms with E-state index in [9.17, 15) is 9.90 Å². The molecule has 29 heavy (non-hydrogen) atoms. The highest BCUT2D eigenvalue weighted by atomic mass is 35.5. The van der Waals surface area contributed by atoms with Crippen LogP contribution >= 0.6 is 23.2 Å². The second kappa shape index (κ2) is 8.65. The van der Waals surface area contributed by atoms with Crippen LogP contribution in [0.15, 0.2) is 48.5 Å². The number of aliphatic hydroxyl groups excluding tert-OH is 1. The van der Waals surface area contributed by atoms with Gasteiger partial charge in [-0.25, -0.2) is 0 Å². The lowest BCUT2D eigenvalue weighted by Crippen LogP contribution is -2.56. The van der Waals surface area contributed by atoms with Gasteiger partial charge in [0, 0.05) is 23.2 Å². The Labute approximate surface area is 181 Å². The van der Waals surface area contributed by atoms with Crippen molar-refractivity contribution in [1.82, 2.24) is 4.90 Å². The summed E-state index contributed by atoms with van der Waals surface area (Å²) in [6.45, 7) is 1.11. The molecule has 1 saturated heterocycles. The Bertz CT molecular complexity index is 869. The summed E-state index contributed by atoms with van der Waals surface area (Å²) >= 11 is 12.3. The van der Waals surface area contributed by atoms with Crippen LogP contribution in [-0.4, -0.2) is 35.7 Å². The molecule has 2 fully saturated rings. The number of nitrogens with zero attached hydrogens (tertiary/aromatic N) is 1. The molecule has 0 aromatic heterocycles. The highest BCUT2D eigenvalue weighted by Gasteiger charge is 2.50. The first-order chi connectivity index (χ1) is 14.0. The summed E-state index contributed by atoms with van der Waals surface area (Å²) in [5, 5.41) is 10.7. The van der Waals surface area contributed by atoms with E-state index in [1.165, 1.54) is 0 Å². The van der Waals surface area contributed by atoms with Gasteiger partial charge in [0.1, 0.15) is 0 Å². The van der Waals surface area contributed by atoms with Crippen molar-refractivity contribution in [2.75, 3.05) is 19.8 Å². The van der Waals surface area contributed by atoms with Crippen LogP contribution in [-0.2, 0) is 15.1 Å². The van der Waals surface area contributed by atoms with Gasteiger partial charge in [-0.05, 0) is 67.0 Å². The van der Waals surface area contributed by atoms with Gasteiger partial charge in [0.15, 0.2) is 5.60 Å². The van der Waals surface area contributed by atoms with Gasteiger partial charge in [0.2, 0.25) is 0 Å². The third-order valence-electron chi connectivity index (χ3n) is 5.85. The molecule has 1 N–H and O–H groups in total. The normalized spacial score (nSPS) is 24.7. The summed E-state index contributed by atoms with van der Waals surface area (Å²) in [7, 11) is 0. The van der Waals surface area contributed by atoms with Crippen LogP contribution in [0.25, 0.3) is 0 Å². The number of carbonyl (C=O) groups is 1. The summed E-state index contributed by atoms with van der Waals surface area (Å²) in [5.41, 5.74) is 0.648. The molecule has 1 saturated carbocycles. The van der Waals surface area contributed by atoms with Crippen LogP contribution in [0, 0.1) is 5.92 Å². The third kappa shape index (κ3) is 4.31. The van der Waals surface area contributed by atoms with Crippen molar-refractivity contribution in [1.29, 1.82) is 0 Å². The van der Waals surface area contributed by atoms with E-state index in [2.05, 4.69) is 0 Å². The van der Waals surface area contributed by atoms with Gasteiger partial charge in [-0.15, -0.1) is 0 Å². The zero-order valence-corrected chi connectivity index (χ0v) is 17.7. The Kier molecular flexibility index (Phi) is 6.16. The molecular weight excluding hydrogens is 409 g/mol. The van der Waals surface area contributed by atoms with Gasteiger partial charge in [0.05, 0.1) is 12.6 Å². The van der Waals surface area contributed by atoms with Gasteiger partial charge >= 0.3 is 0 Å². The second-order valence-corrected chi connectivity index (χ2v) is 8.82. The first kappa shape index (κ1) is 20.7. The Morgan fingerprint density at radius 2 is 1.86 bits per heavy atom. The Morgan fingerprint density at radius 1 is 1.10 bits per heavy atom. The topological polar surface area (TPSA) is 49.8 Å². The molecule has 2 aromatic rings. The summed E-state index contributed by atoms with van der Waals surface area (Å²) in [4.78, 5) is 15.9. The zero-order chi connectivity index (χ0) is 20.4. The number of carbonyl (C=O) groups excluding carboxylic acids is 1. The number of rotatable bonds is 7. The molecule has 0 spiro atoms. The van der Waals surface area contributed by atoms with Gasteiger partial charge in [0.25, 0.3) is 5.91 Å². The smallest absolute Gasteiger partial charge is 0.260 e. The Hall–Kier alpha value is -1.59. The number of hydrogen-bond acceptors (Lipinski definition) is 3. The van der Waals surface area contributed by atoms with E-state index in [4.69, 9.17) is 27.9 Å². The van der Waals surface area contributed by atoms with E-state index < -0.39 is 5.60 Å². The van der Waals surface area contributed by atoms with Crippen molar-refractivity contribution in [2.45, 2.75) is 37.3 Å². The van der Waals surface area contributed by atoms with E-state index in [0.717, 1.165) is 30.5 Å². The number of morpholine rings is 1. The number of amides is 1. The molecule has 4 rings (SSSR count). The minimum atomic E-state index is -1.12. The highest BCUT2D eigenvalue weighted by Crippen LogP contribution is 2.44. The molecule has 2 aliphatic rings. The zero-order valence-electron chi connectivity index (χ0n) is 16.2. The summed E-state index contributed by atoms with van der Waals surface area (Å²) in [6.07, 6.45) is 3.19. The van der Waals surface area contributed by atoms with E-state index in [1.807, 2.05) is 41.3 Å². The summed E-state index contributed by atoms with van der Waals surface area (Å²) in [6, 6.07) is 14.8. The number of hydrogen-bond donors (Lipinski definition) is 1. The maximum atomic E-state index is 13.9. The molecule has 1 heterocycles. The Morgan fingerprint density at radius 3 is 2.52 bits per heavy atom. The number of ether oxygens (including phenoxy) is 1. The molecule has 0 bridgehead atoms. The standard InChI is InChI=1S/C23H25Cl2NO3/c24-19-9-7-17(8-10-19)21-15-29-23(11-2-12-27,18-3-1-4-20(25)13-18)22(28)26(21)14-16-5-6-16/h1,3-4,7-10,13,16,21,27H,2,5-6,11-12,14-15H2. The van der Waals surface area contributed by atoms with Crippen molar-refractivity contribution in [3.63, 3.8) is 0 Å². The average Bonchev–Trinajstić information content (AvgIpc) is 3.54. The Balaban J connectivity index is 1.72. The molecule has 6 heteroatoms. The van der Waals surface area contributed by atoms with E-state index in [0.29, 0.717) is 35.4 Å². The molecule has 4 nitrogen and oxygen atoms in total. The van der Waals surface area contributed by atoms with Crippen LogP contribution in [0.2, 0.25) is 10.0 Å². The first-order valence-corrected chi connectivity index (χ1v) is 10.9. The van der Waals surface area contributed by atoms with E-state index >= 15 is 0 Å². The van der Waals surface area contributed by atoms with Crippen LogP contribution in [0.5, 0.6) is 0 Å². The SMILES string of the molecule is O=C1N(CC2CC2)C(c2ccc(Cl)cc2)COC1(CCCO)c1cccc(Cl)c1. The fraction of sp³-hybridized carbons (Fsp3) is 0.435. The lowest BCUT2D eigenvalue weighted by atomic mass is 9.84. The van der Waals surface area contributed by atoms with Crippen molar-refractivity contribution >= 4 is 29.1 Å². The highest BCUT2D eigenvalue weighted by molar-refractivity contribution is 6.30. The molecule has 1 aliphatic carbocycles. The number of benzene rings is 2. The first-order valence-electron chi connectivity index (χ1n) is 10.1. The maximum Gasteiger partial charge on any atom is 0.260 e.